The molecular formula is C14H13ClINO2. The van der Waals surface area contributed by atoms with Crippen molar-refractivity contribution in [2.75, 3.05) is 12.4 Å². The number of methoxy groups -OCH3 is 1. The largest absolute Gasteiger partial charge is 0.504 e. The molecule has 0 aliphatic carbocycles. The Hall–Kier alpha value is -1.14. The van der Waals surface area contributed by atoms with Crippen molar-refractivity contribution >= 4 is 39.9 Å². The van der Waals surface area contributed by atoms with Crippen LogP contribution in [0.3, 0.4) is 0 Å². The van der Waals surface area contributed by atoms with Crippen LogP contribution in [0.4, 0.5) is 5.69 Å². The Balaban J connectivity index is 2.08. The maximum atomic E-state index is 9.71. The van der Waals surface area contributed by atoms with Crippen molar-refractivity contribution in [3.05, 3.63) is 50.6 Å². The van der Waals surface area contributed by atoms with E-state index in [0.717, 1.165) is 19.8 Å². The lowest BCUT2D eigenvalue weighted by molar-refractivity contribution is 0.373. The van der Waals surface area contributed by atoms with Crippen LogP contribution in [0.2, 0.25) is 5.02 Å². The van der Waals surface area contributed by atoms with Gasteiger partial charge in [-0.15, -0.1) is 0 Å². The number of phenolic OH excluding ortho intramolecular Hbond substituents is 1. The monoisotopic (exact) mass is 389 g/mol. The molecule has 0 atom stereocenters. The van der Waals surface area contributed by atoms with Gasteiger partial charge in [0.2, 0.25) is 0 Å². The van der Waals surface area contributed by atoms with E-state index in [1.165, 1.54) is 7.11 Å². The van der Waals surface area contributed by atoms with Gasteiger partial charge in [-0.3, -0.25) is 0 Å². The number of hydrogen-bond donors (Lipinski definition) is 2. The van der Waals surface area contributed by atoms with E-state index in [4.69, 9.17) is 16.3 Å². The molecule has 5 heteroatoms. The van der Waals surface area contributed by atoms with Crippen LogP contribution in [-0.4, -0.2) is 12.2 Å². The lowest BCUT2D eigenvalue weighted by atomic mass is 10.2. The number of halogens is 2. The fourth-order valence-corrected chi connectivity index (χ4v) is 2.74. The summed E-state index contributed by atoms with van der Waals surface area (Å²) in [6.45, 7) is 0.620. The Morgan fingerprint density at radius 3 is 2.68 bits per heavy atom. The first kappa shape index (κ1) is 14.3. The van der Waals surface area contributed by atoms with Crippen LogP contribution in [0.1, 0.15) is 5.56 Å². The third kappa shape index (κ3) is 3.67. The molecule has 0 unspecified atom stereocenters. The van der Waals surface area contributed by atoms with Gasteiger partial charge in [0.05, 0.1) is 7.11 Å². The first-order valence-electron chi connectivity index (χ1n) is 5.65. The molecule has 0 spiro atoms. The van der Waals surface area contributed by atoms with Gasteiger partial charge in [0.15, 0.2) is 11.5 Å². The van der Waals surface area contributed by atoms with E-state index in [1.807, 2.05) is 24.3 Å². The number of benzene rings is 2. The summed E-state index contributed by atoms with van der Waals surface area (Å²) >= 11 is 8.14. The van der Waals surface area contributed by atoms with Crippen LogP contribution in [0, 0.1) is 3.57 Å². The van der Waals surface area contributed by atoms with Gasteiger partial charge in [-0.05, 0) is 58.5 Å². The molecule has 0 bridgehead atoms. The quantitative estimate of drug-likeness (QED) is 0.767. The number of aromatic hydroxyl groups is 1. The summed E-state index contributed by atoms with van der Waals surface area (Å²) in [7, 11) is 1.53. The second-order valence-electron chi connectivity index (χ2n) is 3.98. The van der Waals surface area contributed by atoms with E-state index in [1.54, 1.807) is 12.1 Å². The normalized spacial score (nSPS) is 10.3. The highest BCUT2D eigenvalue weighted by atomic mass is 127. The lowest BCUT2D eigenvalue weighted by Gasteiger charge is -2.10. The molecule has 0 fully saturated rings. The molecule has 0 aliphatic rings. The molecule has 0 aliphatic heterocycles. The van der Waals surface area contributed by atoms with Gasteiger partial charge in [0.25, 0.3) is 0 Å². The molecule has 100 valence electrons. The highest BCUT2D eigenvalue weighted by molar-refractivity contribution is 14.1. The average Bonchev–Trinajstić information content (AvgIpc) is 2.38. The van der Waals surface area contributed by atoms with Gasteiger partial charge in [-0.1, -0.05) is 17.7 Å². The number of phenols is 1. The summed E-state index contributed by atoms with van der Waals surface area (Å²) in [5.41, 5.74) is 1.99. The number of hydrogen-bond acceptors (Lipinski definition) is 3. The molecule has 0 heterocycles. The molecular weight excluding hydrogens is 377 g/mol. The maximum absolute atomic E-state index is 9.71. The zero-order valence-corrected chi connectivity index (χ0v) is 13.2. The van der Waals surface area contributed by atoms with E-state index in [0.29, 0.717) is 12.3 Å². The number of ether oxygens (including phenoxy) is 1. The smallest absolute Gasteiger partial charge is 0.160 e. The molecule has 2 aromatic rings. The predicted molar refractivity (Wildman–Crippen MR) is 86.2 cm³/mol. The van der Waals surface area contributed by atoms with E-state index < -0.39 is 0 Å². The first-order valence-corrected chi connectivity index (χ1v) is 7.10. The summed E-state index contributed by atoms with van der Waals surface area (Å²) < 4.78 is 6.07. The highest BCUT2D eigenvalue weighted by Crippen LogP contribution is 2.27. The Kier molecular flexibility index (Phi) is 4.76. The molecule has 19 heavy (non-hydrogen) atoms. The van der Waals surface area contributed by atoms with Crippen LogP contribution in [0.25, 0.3) is 0 Å². The third-order valence-electron chi connectivity index (χ3n) is 2.66. The molecule has 2 N–H and O–H groups in total. The Morgan fingerprint density at radius 2 is 2.05 bits per heavy atom. The van der Waals surface area contributed by atoms with Gasteiger partial charge in [0.1, 0.15) is 0 Å². The van der Waals surface area contributed by atoms with Crippen molar-refractivity contribution in [2.45, 2.75) is 6.54 Å². The lowest BCUT2D eigenvalue weighted by Crippen LogP contribution is -2.01. The molecule has 3 nitrogen and oxygen atoms in total. The average molecular weight is 390 g/mol. The molecule has 0 aromatic heterocycles. The standard InChI is InChI=1S/C14H13ClINO2/c1-19-14-5-2-9(6-13(14)18)8-17-12-4-3-10(15)7-11(12)16/h2-7,17-18H,8H2,1H3. The van der Waals surface area contributed by atoms with Gasteiger partial charge < -0.3 is 15.2 Å². The van der Waals surface area contributed by atoms with Crippen molar-refractivity contribution < 1.29 is 9.84 Å². The molecule has 2 aromatic carbocycles. The van der Waals surface area contributed by atoms with Crippen LogP contribution < -0.4 is 10.1 Å². The number of nitrogens with one attached hydrogen (secondary N) is 1. The molecule has 0 saturated carbocycles. The van der Waals surface area contributed by atoms with Gasteiger partial charge in [0, 0.05) is 20.8 Å². The van der Waals surface area contributed by atoms with Gasteiger partial charge >= 0.3 is 0 Å². The Labute approximate surface area is 130 Å². The highest BCUT2D eigenvalue weighted by Gasteiger charge is 2.04. The zero-order valence-electron chi connectivity index (χ0n) is 10.3. The minimum absolute atomic E-state index is 0.146. The van der Waals surface area contributed by atoms with Crippen molar-refractivity contribution in [1.82, 2.24) is 0 Å². The van der Waals surface area contributed by atoms with Crippen LogP contribution in [0.15, 0.2) is 36.4 Å². The van der Waals surface area contributed by atoms with Crippen molar-refractivity contribution in [3.8, 4) is 11.5 Å². The number of anilines is 1. The van der Waals surface area contributed by atoms with E-state index in [-0.39, 0.29) is 5.75 Å². The van der Waals surface area contributed by atoms with Gasteiger partial charge in [-0.25, -0.2) is 0 Å². The molecule has 0 saturated heterocycles. The minimum Gasteiger partial charge on any atom is -0.504 e. The fourth-order valence-electron chi connectivity index (χ4n) is 1.68. The SMILES string of the molecule is COc1ccc(CNc2ccc(Cl)cc2I)cc1O. The summed E-state index contributed by atoms with van der Waals surface area (Å²) in [4.78, 5) is 0. The fraction of sp³-hybridized carbons (Fsp3) is 0.143. The summed E-state index contributed by atoms with van der Waals surface area (Å²) in [6, 6.07) is 11.0. The van der Waals surface area contributed by atoms with Crippen molar-refractivity contribution in [1.29, 1.82) is 0 Å². The topological polar surface area (TPSA) is 41.5 Å². The maximum Gasteiger partial charge on any atom is 0.160 e. The zero-order chi connectivity index (χ0) is 13.8. The van der Waals surface area contributed by atoms with Crippen LogP contribution >= 0.6 is 34.2 Å². The molecule has 2 rings (SSSR count). The molecule has 0 amide bonds. The van der Waals surface area contributed by atoms with E-state index in [2.05, 4.69) is 27.9 Å². The molecule has 0 radical (unpaired) electrons. The van der Waals surface area contributed by atoms with Gasteiger partial charge in [-0.2, -0.15) is 0 Å². The predicted octanol–water partition coefficient (Wildman–Crippen LogP) is 4.27. The summed E-state index contributed by atoms with van der Waals surface area (Å²) in [6.07, 6.45) is 0. The van der Waals surface area contributed by atoms with Crippen molar-refractivity contribution in [2.24, 2.45) is 0 Å². The second kappa shape index (κ2) is 6.34. The summed E-state index contributed by atoms with van der Waals surface area (Å²) in [5, 5.41) is 13.7. The summed E-state index contributed by atoms with van der Waals surface area (Å²) in [5.74, 6) is 0.623. The Bertz CT molecular complexity index is 590. The third-order valence-corrected chi connectivity index (χ3v) is 3.78. The van der Waals surface area contributed by atoms with E-state index >= 15 is 0 Å². The Morgan fingerprint density at radius 1 is 1.26 bits per heavy atom. The second-order valence-corrected chi connectivity index (χ2v) is 5.58. The van der Waals surface area contributed by atoms with Crippen LogP contribution in [-0.2, 0) is 6.54 Å². The first-order chi connectivity index (χ1) is 9.10. The van der Waals surface area contributed by atoms with E-state index in [9.17, 15) is 5.11 Å². The van der Waals surface area contributed by atoms with Crippen molar-refractivity contribution in [3.63, 3.8) is 0 Å². The minimum atomic E-state index is 0.146. The van der Waals surface area contributed by atoms with Crippen LogP contribution in [0.5, 0.6) is 11.5 Å². The number of rotatable bonds is 4.